The van der Waals surface area contributed by atoms with Crippen molar-refractivity contribution in [3.05, 3.63) is 58.3 Å². The molecule has 0 aliphatic rings. The molecule has 0 saturated heterocycles. The van der Waals surface area contributed by atoms with Crippen LogP contribution in [0.2, 0.25) is 10.0 Å². The van der Waals surface area contributed by atoms with Crippen LogP contribution in [0.5, 0.6) is 0 Å². The predicted molar refractivity (Wildman–Crippen MR) is 130 cm³/mol. The van der Waals surface area contributed by atoms with Gasteiger partial charge < -0.3 is 10.4 Å². The lowest BCUT2D eigenvalue weighted by molar-refractivity contribution is -0.143. The molecule has 2 atom stereocenters. The van der Waals surface area contributed by atoms with Gasteiger partial charge in [-0.15, -0.1) is 0 Å². The molecule has 2 N–H and O–H groups in total. The van der Waals surface area contributed by atoms with Gasteiger partial charge in [0.25, 0.3) is 10.0 Å². The summed E-state index contributed by atoms with van der Waals surface area (Å²) in [4.78, 5) is 23.4. The van der Waals surface area contributed by atoms with Crippen LogP contribution in [0.25, 0.3) is 0 Å². The quantitative estimate of drug-likeness (QED) is 0.418. The van der Waals surface area contributed by atoms with E-state index in [9.17, 15) is 27.5 Å². The monoisotopic (exact) mass is 532 g/mol. The van der Waals surface area contributed by atoms with E-state index in [2.05, 4.69) is 5.32 Å². The Morgan fingerprint density at radius 1 is 1.06 bits per heavy atom. The van der Waals surface area contributed by atoms with E-state index in [0.29, 0.717) is 5.02 Å². The van der Waals surface area contributed by atoms with E-state index in [1.807, 2.05) is 0 Å². The molecule has 0 saturated carbocycles. The van der Waals surface area contributed by atoms with Crippen molar-refractivity contribution in [2.24, 2.45) is 5.92 Å². The largest absolute Gasteiger partial charge is 0.480 e. The molecule has 0 radical (unpaired) electrons. The summed E-state index contributed by atoms with van der Waals surface area (Å²) < 4.78 is 42.6. The van der Waals surface area contributed by atoms with Gasteiger partial charge in [0, 0.05) is 22.5 Å². The molecule has 34 heavy (non-hydrogen) atoms. The van der Waals surface area contributed by atoms with Crippen molar-refractivity contribution < 1.29 is 27.5 Å². The average Bonchev–Trinajstić information content (AvgIpc) is 2.74. The Balaban J connectivity index is 2.26. The van der Waals surface area contributed by atoms with E-state index in [-0.39, 0.29) is 40.8 Å². The molecule has 0 heterocycles. The number of amides is 1. The molecule has 7 nitrogen and oxygen atoms in total. The highest BCUT2D eigenvalue weighted by molar-refractivity contribution is 7.92. The summed E-state index contributed by atoms with van der Waals surface area (Å²) in [5.74, 6) is -2.67. The van der Waals surface area contributed by atoms with Crippen molar-refractivity contribution in [3.63, 3.8) is 0 Å². The highest BCUT2D eigenvalue weighted by Crippen LogP contribution is 2.32. The Hall–Kier alpha value is -2.36. The highest BCUT2D eigenvalue weighted by Gasteiger charge is 2.32. The number of anilines is 1. The Kier molecular flexibility index (Phi) is 9.73. The number of nitrogens with one attached hydrogen (secondary N) is 1. The van der Waals surface area contributed by atoms with Crippen molar-refractivity contribution in [1.29, 1.82) is 0 Å². The first-order valence-corrected chi connectivity index (χ1v) is 12.8. The Morgan fingerprint density at radius 2 is 1.65 bits per heavy atom. The second-order valence-electron chi connectivity index (χ2n) is 8.22. The van der Waals surface area contributed by atoms with E-state index in [1.54, 1.807) is 20.8 Å². The fraction of sp³-hybridized carbons (Fsp3) is 0.391. The number of hydrogen-bond acceptors (Lipinski definition) is 4. The molecular weight excluding hydrogens is 506 g/mol. The van der Waals surface area contributed by atoms with Crippen LogP contribution >= 0.6 is 23.2 Å². The number of hydrogen-bond donors (Lipinski definition) is 2. The molecule has 0 spiro atoms. The lowest BCUT2D eigenvalue weighted by Crippen LogP contribution is -2.44. The molecule has 186 valence electrons. The summed E-state index contributed by atoms with van der Waals surface area (Å²) in [5.41, 5.74) is -0.217. The van der Waals surface area contributed by atoms with Gasteiger partial charge in [0.15, 0.2) is 0 Å². The zero-order chi connectivity index (χ0) is 25.6. The van der Waals surface area contributed by atoms with E-state index in [0.717, 1.165) is 10.4 Å². The van der Waals surface area contributed by atoms with Gasteiger partial charge >= 0.3 is 5.97 Å². The lowest BCUT2D eigenvalue weighted by Gasteiger charge is -2.31. The van der Waals surface area contributed by atoms with Crippen LogP contribution in [-0.4, -0.2) is 37.5 Å². The predicted octanol–water partition coefficient (Wildman–Crippen LogP) is 5.11. The van der Waals surface area contributed by atoms with Gasteiger partial charge in [-0.25, -0.2) is 17.6 Å². The van der Waals surface area contributed by atoms with E-state index >= 15 is 0 Å². The van der Waals surface area contributed by atoms with Crippen LogP contribution < -0.4 is 9.62 Å². The Labute approximate surface area is 208 Å². The molecule has 2 rings (SSSR count). The van der Waals surface area contributed by atoms with Crippen molar-refractivity contribution in [3.8, 4) is 0 Å². The number of sulfonamides is 1. The van der Waals surface area contributed by atoms with Crippen molar-refractivity contribution in [2.75, 3.05) is 4.31 Å². The molecular formula is C23H27Cl2FN2O5S. The number of aliphatic carboxylic acids is 1. The summed E-state index contributed by atoms with van der Waals surface area (Å²) in [6.45, 7) is 4.96. The summed E-state index contributed by atoms with van der Waals surface area (Å²) in [6.07, 6.45) is 0.422. The third-order valence-electron chi connectivity index (χ3n) is 5.19. The smallest absolute Gasteiger partial charge is 0.326 e. The second-order valence-corrected chi connectivity index (χ2v) is 10.9. The third kappa shape index (κ3) is 7.07. The van der Waals surface area contributed by atoms with Gasteiger partial charge in [-0.1, -0.05) is 37.0 Å². The van der Waals surface area contributed by atoms with E-state index in [4.69, 9.17) is 23.2 Å². The molecule has 11 heteroatoms. The highest BCUT2D eigenvalue weighted by atomic mass is 35.5. The minimum Gasteiger partial charge on any atom is -0.480 e. The second kappa shape index (κ2) is 11.9. The molecule has 1 amide bonds. The fourth-order valence-electron chi connectivity index (χ4n) is 3.41. The van der Waals surface area contributed by atoms with E-state index < -0.39 is 39.8 Å². The number of carboxylic acids is 1. The standard InChI is InChI=1S/C23H27Cl2FN2O5S/c1-14(2)22(23(30)31)27-21(29)6-4-5-15(3)28(20-13-17(25)9-12-19(20)26)34(32,33)18-10-7-16(24)8-11-18/h7-15,22H,4-6H2,1-3H3,(H,27,29)(H,30,31)/t15?,22-/m1/s1. The van der Waals surface area contributed by atoms with E-state index in [1.165, 1.54) is 36.4 Å². The van der Waals surface area contributed by atoms with Gasteiger partial charge in [0.1, 0.15) is 11.9 Å². The lowest BCUT2D eigenvalue weighted by atomic mass is 10.0. The topological polar surface area (TPSA) is 104 Å². The molecule has 1 unspecified atom stereocenters. The van der Waals surface area contributed by atoms with Crippen LogP contribution in [0, 0.1) is 11.7 Å². The maximum Gasteiger partial charge on any atom is 0.326 e. The van der Waals surface area contributed by atoms with Crippen LogP contribution in [0.1, 0.15) is 40.0 Å². The van der Waals surface area contributed by atoms with Crippen molar-refractivity contribution in [2.45, 2.75) is 57.0 Å². The number of rotatable bonds is 11. The first-order chi connectivity index (χ1) is 15.8. The zero-order valence-electron chi connectivity index (χ0n) is 19.0. The minimum atomic E-state index is -4.20. The maximum absolute atomic E-state index is 14.7. The van der Waals surface area contributed by atoms with Gasteiger partial charge in [0.2, 0.25) is 5.91 Å². The molecule has 0 aliphatic heterocycles. The summed E-state index contributed by atoms with van der Waals surface area (Å²) in [5, 5.41) is 12.2. The number of carbonyl (C=O) groups is 2. The Morgan fingerprint density at radius 3 is 2.21 bits per heavy atom. The van der Waals surface area contributed by atoms with Gasteiger partial charge in [0.05, 0.1) is 10.6 Å². The SMILES string of the molecule is CC(C)[C@@H](NC(=O)CCCC(C)N(c1cc(Cl)ccc1F)S(=O)(=O)c1ccc(Cl)cc1)C(=O)O. The molecule has 0 aromatic heterocycles. The number of nitrogens with zero attached hydrogens (tertiary/aromatic N) is 1. The number of halogens is 3. The van der Waals surface area contributed by atoms with Gasteiger partial charge in [-0.05, 0) is 68.1 Å². The maximum atomic E-state index is 14.7. The van der Waals surface area contributed by atoms with Crippen LogP contribution in [-0.2, 0) is 19.6 Å². The fourth-order valence-corrected chi connectivity index (χ4v) is 5.39. The third-order valence-corrected chi connectivity index (χ3v) is 7.62. The Bertz CT molecular complexity index is 1130. The average molecular weight is 533 g/mol. The summed E-state index contributed by atoms with van der Waals surface area (Å²) in [6, 6.07) is 7.35. The molecule has 2 aromatic carbocycles. The normalized spacial score (nSPS) is 13.4. The first kappa shape index (κ1) is 27.9. The van der Waals surface area contributed by atoms with Gasteiger partial charge in [-0.3, -0.25) is 9.10 Å². The summed E-state index contributed by atoms with van der Waals surface area (Å²) in [7, 11) is -4.20. The number of carboxylic acid groups (broad SMARTS) is 1. The molecule has 0 aliphatic carbocycles. The first-order valence-electron chi connectivity index (χ1n) is 10.6. The zero-order valence-corrected chi connectivity index (χ0v) is 21.3. The van der Waals surface area contributed by atoms with Crippen molar-refractivity contribution in [1.82, 2.24) is 5.32 Å². The van der Waals surface area contributed by atoms with Crippen LogP contribution in [0.15, 0.2) is 47.4 Å². The minimum absolute atomic E-state index is 0.0201. The molecule has 0 fully saturated rings. The molecule has 2 aromatic rings. The van der Waals surface area contributed by atoms with Crippen LogP contribution in [0.4, 0.5) is 10.1 Å². The number of carbonyl (C=O) groups excluding carboxylic acids is 1. The molecule has 0 bridgehead atoms. The van der Waals surface area contributed by atoms with Crippen molar-refractivity contribution >= 4 is 50.8 Å². The summed E-state index contributed by atoms with van der Waals surface area (Å²) >= 11 is 11.9. The van der Waals surface area contributed by atoms with Gasteiger partial charge in [-0.2, -0.15) is 0 Å². The van der Waals surface area contributed by atoms with Crippen LogP contribution in [0.3, 0.4) is 0 Å². The number of benzene rings is 2.